The Kier molecular flexibility index (Phi) is 3.90. The van der Waals surface area contributed by atoms with E-state index in [0.29, 0.717) is 18.7 Å². The number of aromatic nitrogens is 2. The van der Waals surface area contributed by atoms with Crippen molar-refractivity contribution in [1.82, 2.24) is 14.9 Å². The molecule has 0 radical (unpaired) electrons. The number of fused-ring (bicyclic) bond motifs is 1. The number of aryl methyl sites for hydroxylation is 1. The van der Waals surface area contributed by atoms with E-state index in [2.05, 4.69) is 35.0 Å². The van der Waals surface area contributed by atoms with Crippen LogP contribution in [-0.2, 0) is 0 Å². The summed E-state index contributed by atoms with van der Waals surface area (Å²) in [5.74, 6) is 0.0582. The van der Waals surface area contributed by atoms with Crippen molar-refractivity contribution in [2.75, 3.05) is 31.1 Å². The average Bonchev–Trinajstić information content (AvgIpc) is 3.08. The van der Waals surface area contributed by atoms with Crippen LogP contribution in [0.5, 0.6) is 0 Å². The SMILES string of the molecule is Cc1cccc2sc(N3CCN(C(=O)c4cccnc4)CC3)nc12. The van der Waals surface area contributed by atoms with Crippen molar-refractivity contribution in [3.63, 3.8) is 0 Å². The smallest absolute Gasteiger partial charge is 0.255 e. The van der Waals surface area contributed by atoms with E-state index in [4.69, 9.17) is 4.98 Å². The second kappa shape index (κ2) is 6.20. The number of pyridine rings is 1. The largest absolute Gasteiger partial charge is 0.345 e. The number of carbonyl (C=O) groups excluding carboxylic acids is 1. The van der Waals surface area contributed by atoms with Gasteiger partial charge in [0, 0.05) is 38.6 Å². The zero-order valence-corrected chi connectivity index (χ0v) is 14.3. The lowest BCUT2D eigenvalue weighted by molar-refractivity contribution is 0.0746. The fourth-order valence-electron chi connectivity index (χ4n) is 2.98. The van der Waals surface area contributed by atoms with Gasteiger partial charge in [0.25, 0.3) is 5.91 Å². The summed E-state index contributed by atoms with van der Waals surface area (Å²) in [6.45, 7) is 5.14. The van der Waals surface area contributed by atoms with Gasteiger partial charge >= 0.3 is 0 Å². The van der Waals surface area contributed by atoms with Crippen molar-refractivity contribution < 1.29 is 4.79 Å². The summed E-state index contributed by atoms with van der Waals surface area (Å²) in [5.41, 5.74) is 2.95. The minimum absolute atomic E-state index is 0.0582. The highest BCUT2D eigenvalue weighted by Gasteiger charge is 2.24. The van der Waals surface area contributed by atoms with Crippen molar-refractivity contribution in [1.29, 1.82) is 0 Å². The first-order valence-corrected chi connectivity index (χ1v) is 8.84. The molecule has 5 nitrogen and oxygen atoms in total. The third-order valence-corrected chi connectivity index (χ3v) is 5.44. The van der Waals surface area contributed by atoms with Crippen LogP contribution in [0.15, 0.2) is 42.7 Å². The first kappa shape index (κ1) is 15.1. The van der Waals surface area contributed by atoms with Crippen LogP contribution in [0.25, 0.3) is 10.2 Å². The van der Waals surface area contributed by atoms with E-state index in [9.17, 15) is 4.79 Å². The van der Waals surface area contributed by atoms with Gasteiger partial charge in [0.15, 0.2) is 5.13 Å². The fraction of sp³-hybridized carbons (Fsp3) is 0.278. The molecule has 1 aliphatic rings. The molecule has 0 saturated carbocycles. The van der Waals surface area contributed by atoms with Crippen molar-refractivity contribution in [3.05, 3.63) is 53.9 Å². The highest BCUT2D eigenvalue weighted by molar-refractivity contribution is 7.22. The predicted molar refractivity (Wildman–Crippen MR) is 96.7 cm³/mol. The van der Waals surface area contributed by atoms with Crippen LogP contribution in [0.4, 0.5) is 5.13 Å². The monoisotopic (exact) mass is 338 g/mol. The lowest BCUT2D eigenvalue weighted by Crippen LogP contribution is -2.48. The van der Waals surface area contributed by atoms with Gasteiger partial charge in [0.1, 0.15) is 0 Å². The fourth-order valence-corrected chi connectivity index (χ4v) is 4.08. The number of anilines is 1. The number of thiazole rings is 1. The predicted octanol–water partition coefficient (Wildman–Crippen LogP) is 2.96. The Morgan fingerprint density at radius 1 is 1.12 bits per heavy atom. The molecule has 0 N–H and O–H groups in total. The quantitative estimate of drug-likeness (QED) is 0.721. The Balaban J connectivity index is 1.47. The van der Waals surface area contributed by atoms with Gasteiger partial charge in [-0.15, -0.1) is 0 Å². The van der Waals surface area contributed by atoms with Crippen LogP contribution in [0.1, 0.15) is 15.9 Å². The molecule has 0 bridgehead atoms. The van der Waals surface area contributed by atoms with Gasteiger partial charge < -0.3 is 9.80 Å². The number of nitrogens with zero attached hydrogens (tertiary/aromatic N) is 4. The topological polar surface area (TPSA) is 49.3 Å². The second-order valence-corrected chi connectivity index (χ2v) is 6.95. The minimum Gasteiger partial charge on any atom is -0.345 e. The van der Waals surface area contributed by atoms with Crippen LogP contribution in [0, 0.1) is 6.92 Å². The zero-order chi connectivity index (χ0) is 16.5. The molecule has 6 heteroatoms. The Hall–Kier alpha value is -2.47. The van der Waals surface area contributed by atoms with E-state index in [1.165, 1.54) is 10.3 Å². The first-order chi connectivity index (χ1) is 11.7. The van der Waals surface area contributed by atoms with Gasteiger partial charge in [-0.3, -0.25) is 9.78 Å². The van der Waals surface area contributed by atoms with Crippen molar-refractivity contribution in [2.24, 2.45) is 0 Å². The van der Waals surface area contributed by atoms with E-state index < -0.39 is 0 Å². The molecule has 1 amide bonds. The number of rotatable bonds is 2. The number of hydrogen-bond acceptors (Lipinski definition) is 5. The van der Waals surface area contributed by atoms with E-state index in [1.807, 2.05) is 11.0 Å². The molecular weight excluding hydrogens is 320 g/mol. The Bertz CT molecular complexity index is 869. The van der Waals surface area contributed by atoms with E-state index in [0.717, 1.165) is 23.7 Å². The molecular formula is C18H18N4OS. The van der Waals surface area contributed by atoms with Gasteiger partial charge in [0.05, 0.1) is 15.8 Å². The van der Waals surface area contributed by atoms with Crippen LogP contribution in [0.3, 0.4) is 0 Å². The minimum atomic E-state index is 0.0582. The first-order valence-electron chi connectivity index (χ1n) is 8.03. The van der Waals surface area contributed by atoms with Crippen molar-refractivity contribution >= 4 is 32.6 Å². The van der Waals surface area contributed by atoms with Gasteiger partial charge in [-0.1, -0.05) is 23.5 Å². The second-order valence-electron chi connectivity index (χ2n) is 5.94. The molecule has 0 aliphatic carbocycles. The molecule has 1 fully saturated rings. The van der Waals surface area contributed by atoms with E-state index in [-0.39, 0.29) is 5.91 Å². The molecule has 1 aromatic carbocycles. The third kappa shape index (κ3) is 2.73. The molecule has 1 aliphatic heterocycles. The number of piperazine rings is 1. The summed E-state index contributed by atoms with van der Waals surface area (Å²) in [6.07, 6.45) is 3.31. The highest BCUT2D eigenvalue weighted by Crippen LogP contribution is 2.31. The number of para-hydroxylation sites is 1. The molecule has 0 spiro atoms. The maximum Gasteiger partial charge on any atom is 0.255 e. The van der Waals surface area contributed by atoms with E-state index >= 15 is 0 Å². The average molecular weight is 338 g/mol. The molecule has 3 heterocycles. The van der Waals surface area contributed by atoms with Gasteiger partial charge in [-0.25, -0.2) is 4.98 Å². The number of amides is 1. The standard InChI is InChI=1S/C18H18N4OS/c1-13-4-2-6-15-16(13)20-18(24-15)22-10-8-21(9-11-22)17(23)14-5-3-7-19-12-14/h2-7,12H,8-11H2,1H3. The Morgan fingerprint density at radius 2 is 1.96 bits per heavy atom. The lowest BCUT2D eigenvalue weighted by Gasteiger charge is -2.34. The number of carbonyl (C=O) groups is 1. The molecule has 24 heavy (non-hydrogen) atoms. The molecule has 1 saturated heterocycles. The molecule has 0 unspecified atom stereocenters. The molecule has 0 atom stereocenters. The normalized spacial score (nSPS) is 15.0. The highest BCUT2D eigenvalue weighted by atomic mass is 32.1. The van der Waals surface area contributed by atoms with E-state index in [1.54, 1.807) is 29.8 Å². The summed E-state index contributed by atoms with van der Waals surface area (Å²) in [4.78, 5) is 25.5. The molecule has 122 valence electrons. The van der Waals surface area contributed by atoms with Gasteiger partial charge in [-0.2, -0.15) is 0 Å². The lowest BCUT2D eigenvalue weighted by atomic mass is 10.2. The van der Waals surface area contributed by atoms with Crippen LogP contribution in [-0.4, -0.2) is 47.0 Å². The third-order valence-electron chi connectivity index (χ3n) is 4.36. The summed E-state index contributed by atoms with van der Waals surface area (Å²) < 4.78 is 1.22. The van der Waals surface area contributed by atoms with Gasteiger partial charge in [0.2, 0.25) is 0 Å². The summed E-state index contributed by atoms with van der Waals surface area (Å²) in [6, 6.07) is 9.90. The maximum absolute atomic E-state index is 12.5. The summed E-state index contributed by atoms with van der Waals surface area (Å²) >= 11 is 1.73. The summed E-state index contributed by atoms with van der Waals surface area (Å²) in [7, 11) is 0. The number of hydrogen-bond donors (Lipinski definition) is 0. The number of benzene rings is 1. The molecule has 4 rings (SSSR count). The van der Waals surface area contributed by atoms with Crippen LogP contribution < -0.4 is 4.90 Å². The zero-order valence-electron chi connectivity index (χ0n) is 13.5. The van der Waals surface area contributed by atoms with Crippen molar-refractivity contribution in [2.45, 2.75) is 6.92 Å². The Morgan fingerprint density at radius 3 is 2.67 bits per heavy atom. The van der Waals surface area contributed by atoms with Crippen LogP contribution in [0.2, 0.25) is 0 Å². The summed E-state index contributed by atoms with van der Waals surface area (Å²) in [5, 5.41) is 1.05. The molecule has 3 aromatic rings. The van der Waals surface area contributed by atoms with Crippen molar-refractivity contribution in [3.8, 4) is 0 Å². The maximum atomic E-state index is 12.5. The van der Waals surface area contributed by atoms with Crippen LogP contribution >= 0.6 is 11.3 Å². The molecule has 2 aromatic heterocycles. The van der Waals surface area contributed by atoms with Gasteiger partial charge in [-0.05, 0) is 30.7 Å². The Labute approximate surface area is 144 Å².